The van der Waals surface area contributed by atoms with Gasteiger partial charge in [0.25, 0.3) is 0 Å². The van der Waals surface area contributed by atoms with Gasteiger partial charge in [-0.25, -0.2) is 0 Å². The minimum absolute atomic E-state index is 0.0787. The lowest BCUT2D eigenvalue weighted by atomic mass is 9.98. The van der Waals surface area contributed by atoms with E-state index in [9.17, 15) is 13.2 Å². The van der Waals surface area contributed by atoms with E-state index in [4.69, 9.17) is 10.5 Å². The fourth-order valence-corrected chi connectivity index (χ4v) is 1.49. The van der Waals surface area contributed by atoms with Gasteiger partial charge in [0.1, 0.15) is 0 Å². The highest BCUT2D eigenvalue weighted by atomic mass is 19.4. The van der Waals surface area contributed by atoms with Crippen LogP contribution in [0.25, 0.3) is 0 Å². The van der Waals surface area contributed by atoms with Gasteiger partial charge in [0.15, 0.2) is 0 Å². The third-order valence-corrected chi connectivity index (χ3v) is 2.31. The van der Waals surface area contributed by atoms with Crippen molar-refractivity contribution in [1.29, 1.82) is 10.5 Å². The SMILES string of the molecule is N#CCCc1ccc(C(F)(F)F)cc1CC#N. The molecule has 1 aromatic rings. The van der Waals surface area contributed by atoms with Crippen LogP contribution in [0.3, 0.4) is 0 Å². The van der Waals surface area contributed by atoms with Crippen molar-refractivity contribution in [2.45, 2.75) is 25.4 Å². The predicted molar refractivity (Wildman–Crippen MR) is 54.7 cm³/mol. The van der Waals surface area contributed by atoms with Crippen LogP contribution in [-0.2, 0) is 19.0 Å². The summed E-state index contributed by atoms with van der Waals surface area (Å²) >= 11 is 0. The number of hydrogen-bond donors (Lipinski definition) is 0. The maximum atomic E-state index is 12.5. The predicted octanol–water partition coefficient (Wildman–Crippen LogP) is 3.23. The molecule has 88 valence electrons. The van der Waals surface area contributed by atoms with Crippen LogP contribution in [0.2, 0.25) is 0 Å². The van der Waals surface area contributed by atoms with Gasteiger partial charge < -0.3 is 0 Å². The van der Waals surface area contributed by atoms with Gasteiger partial charge in [-0.1, -0.05) is 6.07 Å². The van der Waals surface area contributed by atoms with Gasteiger partial charge >= 0.3 is 6.18 Å². The zero-order valence-electron chi connectivity index (χ0n) is 8.88. The highest BCUT2D eigenvalue weighted by molar-refractivity contribution is 5.35. The van der Waals surface area contributed by atoms with Crippen LogP contribution in [-0.4, -0.2) is 0 Å². The monoisotopic (exact) mass is 238 g/mol. The standard InChI is InChI=1S/C12H9F3N2/c13-12(14,15)11-4-3-9(2-1-6-16)10(8-11)5-7-17/h3-4,8H,1-2,5H2. The van der Waals surface area contributed by atoms with Gasteiger partial charge in [-0.05, 0) is 29.7 Å². The molecule has 17 heavy (non-hydrogen) atoms. The molecule has 1 aromatic carbocycles. The quantitative estimate of drug-likeness (QED) is 0.811. The second kappa shape index (κ2) is 5.36. The molecular formula is C12H9F3N2. The molecule has 0 saturated carbocycles. The van der Waals surface area contributed by atoms with Gasteiger partial charge in [0.2, 0.25) is 0 Å². The summed E-state index contributed by atoms with van der Waals surface area (Å²) in [4.78, 5) is 0. The van der Waals surface area contributed by atoms with Crippen LogP contribution in [0.1, 0.15) is 23.1 Å². The molecule has 0 heterocycles. The first kappa shape index (κ1) is 13.1. The van der Waals surface area contributed by atoms with E-state index >= 15 is 0 Å². The van der Waals surface area contributed by atoms with Crippen LogP contribution in [0.15, 0.2) is 18.2 Å². The smallest absolute Gasteiger partial charge is 0.198 e. The Hall–Kier alpha value is -2.01. The number of benzene rings is 1. The topological polar surface area (TPSA) is 47.6 Å². The van der Waals surface area contributed by atoms with Gasteiger partial charge in [-0.3, -0.25) is 0 Å². The zero-order valence-corrected chi connectivity index (χ0v) is 8.88. The summed E-state index contributed by atoms with van der Waals surface area (Å²) in [6.45, 7) is 0. The zero-order chi connectivity index (χ0) is 12.9. The van der Waals surface area contributed by atoms with Crippen molar-refractivity contribution in [1.82, 2.24) is 0 Å². The maximum Gasteiger partial charge on any atom is 0.416 e. The van der Waals surface area contributed by atoms with E-state index in [2.05, 4.69) is 0 Å². The van der Waals surface area contributed by atoms with Gasteiger partial charge in [-0.15, -0.1) is 0 Å². The fraction of sp³-hybridized carbons (Fsp3) is 0.333. The Morgan fingerprint density at radius 1 is 1.06 bits per heavy atom. The van der Waals surface area contributed by atoms with Crippen molar-refractivity contribution < 1.29 is 13.2 Å². The summed E-state index contributed by atoms with van der Waals surface area (Å²) in [5, 5.41) is 17.0. The average molecular weight is 238 g/mol. The fourth-order valence-electron chi connectivity index (χ4n) is 1.49. The van der Waals surface area contributed by atoms with Crippen molar-refractivity contribution >= 4 is 0 Å². The molecule has 0 aliphatic rings. The highest BCUT2D eigenvalue weighted by Gasteiger charge is 2.30. The van der Waals surface area contributed by atoms with Gasteiger partial charge in [0, 0.05) is 6.42 Å². The summed E-state index contributed by atoms with van der Waals surface area (Å²) in [5.74, 6) is 0. The average Bonchev–Trinajstić information content (AvgIpc) is 2.26. The van der Waals surface area contributed by atoms with E-state index in [-0.39, 0.29) is 12.8 Å². The Balaban J connectivity index is 3.10. The van der Waals surface area contributed by atoms with Crippen molar-refractivity contribution in [2.24, 2.45) is 0 Å². The molecule has 0 saturated heterocycles. The number of aryl methyl sites for hydroxylation is 1. The van der Waals surface area contributed by atoms with E-state index in [0.717, 1.165) is 12.1 Å². The Morgan fingerprint density at radius 3 is 2.29 bits per heavy atom. The van der Waals surface area contributed by atoms with Crippen LogP contribution < -0.4 is 0 Å². The molecule has 0 fully saturated rings. The van der Waals surface area contributed by atoms with Crippen LogP contribution in [0.5, 0.6) is 0 Å². The van der Waals surface area contributed by atoms with Crippen LogP contribution >= 0.6 is 0 Å². The number of halogens is 3. The van der Waals surface area contributed by atoms with Crippen molar-refractivity contribution in [3.05, 3.63) is 34.9 Å². The normalized spacial score (nSPS) is 10.6. The molecule has 0 amide bonds. The third kappa shape index (κ3) is 3.49. The summed E-state index contributed by atoms with van der Waals surface area (Å²) in [7, 11) is 0. The minimum Gasteiger partial charge on any atom is -0.198 e. The molecular weight excluding hydrogens is 229 g/mol. The Morgan fingerprint density at radius 2 is 1.76 bits per heavy atom. The van der Waals surface area contributed by atoms with Crippen molar-refractivity contribution in [3.8, 4) is 12.1 Å². The number of nitriles is 2. The molecule has 0 N–H and O–H groups in total. The van der Waals surface area contributed by atoms with E-state index < -0.39 is 11.7 Å². The highest BCUT2D eigenvalue weighted by Crippen LogP contribution is 2.30. The van der Waals surface area contributed by atoms with E-state index in [0.29, 0.717) is 17.5 Å². The third-order valence-electron chi connectivity index (χ3n) is 2.31. The summed E-state index contributed by atoms with van der Waals surface area (Å²) in [6.07, 6.45) is -3.89. The lowest BCUT2D eigenvalue weighted by Crippen LogP contribution is -2.07. The van der Waals surface area contributed by atoms with Crippen LogP contribution in [0.4, 0.5) is 13.2 Å². The first-order valence-corrected chi connectivity index (χ1v) is 4.92. The molecule has 1 rings (SSSR count). The molecule has 2 nitrogen and oxygen atoms in total. The van der Waals surface area contributed by atoms with Gasteiger partial charge in [-0.2, -0.15) is 23.7 Å². The Kier molecular flexibility index (Phi) is 4.12. The lowest BCUT2D eigenvalue weighted by molar-refractivity contribution is -0.137. The summed E-state index contributed by atoms with van der Waals surface area (Å²) in [5.41, 5.74) is 0.210. The Labute approximate surface area is 96.9 Å². The Bertz CT molecular complexity index is 478. The van der Waals surface area contributed by atoms with Crippen LogP contribution in [0, 0.1) is 22.7 Å². The molecule has 0 atom stereocenters. The van der Waals surface area contributed by atoms with Crippen molar-refractivity contribution in [3.63, 3.8) is 0 Å². The molecule has 0 unspecified atom stereocenters. The van der Waals surface area contributed by atoms with E-state index in [1.54, 1.807) is 0 Å². The summed E-state index contributed by atoms with van der Waals surface area (Å²) < 4.78 is 37.4. The minimum atomic E-state index is -4.40. The molecule has 0 aliphatic carbocycles. The largest absolute Gasteiger partial charge is 0.416 e. The number of nitrogens with zero attached hydrogens (tertiary/aromatic N) is 2. The van der Waals surface area contributed by atoms with Gasteiger partial charge in [0.05, 0.1) is 24.1 Å². The molecule has 0 spiro atoms. The first-order chi connectivity index (χ1) is 7.99. The first-order valence-electron chi connectivity index (χ1n) is 4.92. The molecule has 0 radical (unpaired) electrons. The number of alkyl halides is 3. The molecule has 0 bridgehead atoms. The lowest BCUT2D eigenvalue weighted by Gasteiger charge is -2.11. The van der Waals surface area contributed by atoms with Crippen molar-refractivity contribution in [2.75, 3.05) is 0 Å². The second-order valence-corrected chi connectivity index (χ2v) is 3.47. The number of rotatable bonds is 3. The maximum absolute atomic E-state index is 12.5. The van der Waals surface area contributed by atoms with E-state index in [1.165, 1.54) is 6.07 Å². The second-order valence-electron chi connectivity index (χ2n) is 3.47. The van der Waals surface area contributed by atoms with E-state index in [1.807, 2.05) is 12.1 Å². The molecule has 0 aromatic heterocycles. The summed E-state index contributed by atoms with van der Waals surface area (Å²) in [6, 6.07) is 7.06. The molecule has 0 aliphatic heterocycles. The number of hydrogen-bond acceptors (Lipinski definition) is 2. The molecule has 5 heteroatoms.